The average Bonchev–Trinajstić information content (AvgIpc) is 2.61. The summed E-state index contributed by atoms with van der Waals surface area (Å²) in [7, 11) is 0. The summed E-state index contributed by atoms with van der Waals surface area (Å²) in [5.41, 5.74) is 5.92. The molecule has 2 amide bonds. The van der Waals surface area contributed by atoms with Crippen LogP contribution in [0.15, 0.2) is 5.38 Å². The lowest BCUT2D eigenvalue weighted by atomic mass is 10.2. The van der Waals surface area contributed by atoms with Gasteiger partial charge in [-0.3, -0.25) is 5.32 Å². The van der Waals surface area contributed by atoms with E-state index in [9.17, 15) is 4.79 Å². The van der Waals surface area contributed by atoms with Gasteiger partial charge in [0.05, 0.1) is 5.69 Å². The highest BCUT2D eigenvalue weighted by Crippen LogP contribution is 2.20. The van der Waals surface area contributed by atoms with Crippen molar-refractivity contribution in [3.05, 3.63) is 11.1 Å². The highest BCUT2D eigenvalue weighted by atomic mass is 32.1. The fourth-order valence-electron chi connectivity index (χ4n) is 1.11. The number of carbonyl (C=O) groups is 1. The Labute approximate surface area is 93.1 Å². The Hall–Kier alpha value is -1.14. The van der Waals surface area contributed by atoms with Gasteiger partial charge in [0.2, 0.25) is 0 Å². The second kappa shape index (κ2) is 5.67. The summed E-state index contributed by atoms with van der Waals surface area (Å²) in [4.78, 5) is 14.8. The van der Waals surface area contributed by atoms with Gasteiger partial charge >= 0.3 is 6.03 Å². The molecule has 0 radical (unpaired) electrons. The Morgan fingerprint density at radius 1 is 1.73 bits per heavy atom. The van der Waals surface area contributed by atoms with Gasteiger partial charge in [-0.05, 0) is 19.9 Å². The lowest BCUT2D eigenvalue weighted by Crippen LogP contribution is -2.21. The molecule has 4 N–H and O–H groups in total. The Kier molecular flexibility index (Phi) is 4.51. The zero-order valence-corrected chi connectivity index (χ0v) is 9.73. The zero-order valence-electron chi connectivity index (χ0n) is 8.91. The number of anilines is 1. The molecule has 84 valence electrons. The van der Waals surface area contributed by atoms with Crippen molar-refractivity contribution in [3.8, 4) is 0 Å². The fraction of sp³-hybridized carbons (Fsp3) is 0.556. The Balaban J connectivity index is 2.54. The minimum atomic E-state index is -0.579. The van der Waals surface area contributed by atoms with Gasteiger partial charge in [0.15, 0.2) is 5.13 Å². The van der Waals surface area contributed by atoms with Crippen LogP contribution in [0.4, 0.5) is 9.93 Å². The minimum Gasteiger partial charge on any atom is -0.351 e. The summed E-state index contributed by atoms with van der Waals surface area (Å²) in [5.74, 6) is 0. The molecule has 0 aliphatic carbocycles. The molecule has 15 heavy (non-hydrogen) atoms. The summed E-state index contributed by atoms with van der Waals surface area (Å²) in [5, 5.41) is 8.23. The van der Waals surface area contributed by atoms with Gasteiger partial charge < -0.3 is 11.1 Å². The monoisotopic (exact) mass is 228 g/mol. The molecule has 5 nitrogen and oxygen atoms in total. The van der Waals surface area contributed by atoms with E-state index >= 15 is 0 Å². The van der Waals surface area contributed by atoms with E-state index in [1.54, 1.807) is 0 Å². The third kappa shape index (κ3) is 3.85. The van der Waals surface area contributed by atoms with Crippen LogP contribution in [0.3, 0.4) is 0 Å². The second-order valence-corrected chi connectivity index (χ2v) is 4.10. The van der Waals surface area contributed by atoms with Crippen LogP contribution in [0.1, 0.15) is 32.0 Å². The molecule has 1 atom stereocenters. The number of carbonyl (C=O) groups excluding carboxylic acids is 1. The number of primary amides is 1. The van der Waals surface area contributed by atoms with Crippen LogP contribution in [-0.2, 0) is 0 Å². The van der Waals surface area contributed by atoms with E-state index < -0.39 is 6.03 Å². The van der Waals surface area contributed by atoms with E-state index in [-0.39, 0.29) is 6.04 Å². The number of nitrogens with two attached hydrogens (primary N) is 1. The second-order valence-electron chi connectivity index (χ2n) is 3.24. The molecule has 1 heterocycles. The maximum Gasteiger partial charge on any atom is 0.318 e. The number of hydrogen-bond acceptors (Lipinski definition) is 4. The van der Waals surface area contributed by atoms with Crippen molar-refractivity contribution >= 4 is 22.5 Å². The van der Waals surface area contributed by atoms with Gasteiger partial charge in [-0.15, -0.1) is 11.3 Å². The Morgan fingerprint density at radius 2 is 2.47 bits per heavy atom. The first-order valence-corrected chi connectivity index (χ1v) is 5.76. The predicted molar refractivity (Wildman–Crippen MR) is 62.0 cm³/mol. The summed E-state index contributed by atoms with van der Waals surface area (Å²) in [6.07, 6.45) is 1.08. The first-order valence-electron chi connectivity index (χ1n) is 4.88. The molecule has 1 unspecified atom stereocenters. The number of aromatic nitrogens is 1. The smallest absolute Gasteiger partial charge is 0.318 e. The maximum absolute atomic E-state index is 10.6. The van der Waals surface area contributed by atoms with Gasteiger partial charge in [0, 0.05) is 11.4 Å². The highest BCUT2D eigenvalue weighted by Gasteiger charge is 2.09. The van der Waals surface area contributed by atoms with Crippen LogP contribution in [-0.4, -0.2) is 17.6 Å². The SMILES string of the molecule is CCCNC(C)c1csc(NC(N)=O)n1. The number of rotatable bonds is 5. The van der Waals surface area contributed by atoms with Crippen LogP contribution in [0.5, 0.6) is 0 Å². The summed E-state index contributed by atoms with van der Waals surface area (Å²) in [6, 6.07) is -0.380. The standard InChI is InChI=1S/C9H16N4OS/c1-3-4-11-6(2)7-5-15-9(12-7)13-8(10)14/h5-6,11H,3-4H2,1-2H3,(H3,10,12,13,14). The largest absolute Gasteiger partial charge is 0.351 e. The van der Waals surface area contributed by atoms with Crippen LogP contribution in [0.25, 0.3) is 0 Å². The third-order valence-corrected chi connectivity index (χ3v) is 2.67. The minimum absolute atomic E-state index is 0.199. The molecule has 0 spiro atoms. The van der Waals surface area contributed by atoms with Gasteiger partial charge in [-0.2, -0.15) is 0 Å². The first kappa shape index (κ1) is 11.9. The topological polar surface area (TPSA) is 80.0 Å². The number of nitrogens with zero attached hydrogens (tertiary/aromatic N) is 1. The van der Waals surface area contributed by atoms with E-state index in [0.29, 0.717) is 5.13 Å². The number of hydrogen-bond donors (Lipinski definition) is 3. The van der Waals surface area contributed by atoms with Gasteiger partial charge in [0.25, 0.3) is 0 Å². The van der Waals surface area contributed by atoms with E-state index in [2.05, 4.69) is 22.5 Å². The number of urea groups is 1. The summed E-state index contributed by atoms with van der Waals surface area (Å²) < 4.78 is 0. The zero-order chi connectivity index (χ0) is 11.3. The molecular formula is C9H16N4OS. The van der Waals surface area contributed by atoms with Crippen LogP contribution in [0, 0.1) is 0 Å². The van der Waals surface area contributed by atoms with Crippen molar-refractivity contribution in [2.45, 2.75) is 26.3 Å². The number of thiazole rings is 1. The Morgan fingerprint density at radius 3 is 3.07 bits per heavy atom. The molecule has 0 aliphatic rings. The molecular weight excluding hydrogens is 212 g/mol. The lowest BCUT2D eigenvalue weighted by Gasteiger charge is -2.09. The quantitative estimate of drug-likeness (QED) is 0.717. The molecule has 0 saturated carbocycles. The number of nitrogens with one attached hydrogen (secondary N) is 2. The van der Waals surface area contributed by atoms with Crippen LogP contribution >= 0.6 is 11.3 Å². The van der Waals surface area contributed by atoms with Crippen molar-refractivity contribution < 1.29 is 4.79 Å². The van der Waals surface area contributed by atoms with Crippen LogP contribution < -0.4 is 16.4 Å². The van der Waals surface area contributed by atoms with E-state index in [1.165, 1.54) is 11.3 Å². The van der Waals surface area contributed by atoms with Crippen molar-refractivity contribution in [3.63, 3.8) is 0 Å². The summed E-state index contributed by atoms with van der Waals surface area (Å²) >= 11 is 1.38. The first-order chi connectivity index (χ1) is 7.13. The summed E-state index contributed by atoms with van der Waals surface area (Å²) in [6.45, 7) is 5.11. The normalized spacial score (nSPS) is 12.4. The van der Waals surface area contributed by atoms with Gasteiger partial charge in [0.1, 0.15) is 0 Å². The molecule has 0 aromatic carbocycles. The van der Waals surface area contributed by atoms with Gasteiger partial charge in [-0.1, -0.05) is 6.92 Å². The van der Waals surface area contributed by atoms with E-state index in [1.807, 2.05) is 12.3 Å². The fourth-order valence-corrected chi connectivity index (χ4v) is 1.92. The average molecular weight is 228 g/mol. The molecule has 0 bridgehead atoms. The molecule has 1 rings (SSSR count). The van der Waals surface area contributed by atoms with Crippen LogP contribution in [0.2, 0.25) is 0 Å². The maximum atomic E-state index is 10.6. The van der Waals surface area contributed by atoms with E-state index in [4.69, 9.17) is 5.73 Å². The van der Waals surface area contributed by atoms with Gasteiger partial charge in [-0.25, -0.2) is 9.78 Å². The molecule has 0 fully saturated rings. The van der Waals surface area contributed by atoms with Crippen molar-refractivity contribution in [1.82, 2.24) is 10.3 Å². The molecule has 1 aromatic heterocycles. The highest BCUT2D eigenvalue weighted by molar-refractivity contribution is 7.13. The molecule has 6 heteroatoms. The lowest BCUT2D eigenvalue weighted by molar-refractivity contribution is 0.259. The Bertz CT molecular complexity index is 326. The molecule has 0 saturated heterocycles. The molecule has 0 aliphatic heterocycles. The predicted octanol–water partition coefficient (Wildman–Crippen LogP) is 1.69. The molecule has 1 aromatic rings. The number of amides is 2. The third-order valence-electron chi connectivity index (χ3n) is 1.90. The van der Waals surface area contributed by atoms with Crippen molar-refractivity contribution in [1.29, 1.82) is 0 Å². The van der Waals surface area contributed by atoms with Crippen molar-refractivity contribution in [2.24, 2.45) is 5.73 Å². The van der Waals surface area contributed by atoms with Crippen molar-refractivity contribution in [2.75, 3.05) is 11.9 Å². The van der Waals surface area contributed by atoms with E-state index in [0.717, 1.165) is 18.7 Å².